The fourth-order valence-corrected chi connectivity index (χ4v) is 7.33. The van der Waals surface area contributed by atoms with Crippen molar-refractivity contribution in [2.45, 2.75) is 50.6 Å². The molecule has 4 bridgehead atoms. The highest BCUT2D eigenvalue weighted by Crippen LogP contribution is 2.64. The summed E-state index contributed by atoms with van der Waals surface area (Å²) in [6.45, 7) is 0.195. The van der Waals surface area contributed by atoms with Crippen molar-refractivity contribution in [3.63, 3.8) is 0 Å². The van der Waals surface area contributed by atoms with E-state index in [4.69, 9.17) is 11.6 Å². The Labute approximate surface area is 203 Å². The van der Waals surface area contributed by atoms with Crippen LogP contribution >= 0.6 is 27.5 Å². The third-order valence-corrected chi connectivity index (χ3v) is 8.45. The molecule has 0 spiro atoms. The predicted molar refractivity (Wildman–Crippen MR) is 124 cm³/mol. The molecule has 4 saturated carbocycles. The van der Waals surface area contributed by atoms with Crippen LogP contribution in [0.1, 0.15) is 44.1 Å². The maximum absolute atomic E-state index is 14.1. The minimum absolute atomic E-state index is 0.0450. The van der Waals surface area contributed by atoms with E-state index in [2.05, 4.69) is 36.4 Å². The number of aromatic nitrogens is 5. The van der Waals surface area contributed by atoms with Gasteiger partial charge in [-0.3, -0.25) is 9.48 Å². The number of nitrogens with zero attached hydrogens (tertiary/aromatic N) is 5. The molecule has 1 amide bonds. The van der Waals surface area contributed by atoms with Gasteiger partial charge in [0.05, 0.1) is 29.4 Å². The van der Waals surface area contributed by atoms with Gasteiger partial charge in [-0.1, -0.05) is 17.7 Å². The molecule has 4 aliphatic carbocycles. The quantitative estimate of drug-likeness (QED) is 0.500. The fourth-order valence-electron chi connectivity index (χ4n) is 6.84. The van der Waals surface area contributed by atoms with E-state index in [9.17, 15) is 9.18 Å². The molecule has 172 valence electrons. The van der Waals surface area contributed by atoms with Crippen molar-refractivity contribution in [1.29, 1.82) is 0 Å². The van der Waals surface area contributed by atoms with Crippen molar-refractivity contribution in [2.75, 3.05) is 5.32 Å². The number of carbonyl (C=O) groups is 1. The zero-order valence-electron chi connectivity index (χ0n) is 17.8. The summed E-state index contributed by atoms with van der Waals surface area (Å²) >= 11 is 9.52. The molecule has 4 fully saturated rings. The molecule has 7 nitrogen and oxygen atoms in total. The first kappa shape index (κ1) is 21.3. The first-order valence-corrected chi connectivity index (χ1v) is 12.4. The van der Waals surface area contributed by atoms with Crippen LogP contribution in [0.2, 0.25) is 5.02 Å². The first-order chi connectivity index (χ1) is 15.8. The van der Waals surface area contributed by atoms with Gasteiger partial charge in [0, 0.05) is 16.8 Å². The van der Waals surface area contributed by atoms with Crippen LogP contribution < -0.4 is 5.32 Å². The molecule has 3 aromatic rings. The van der Waals surface area contributed by atoms with E-state index in [0.29, 0.717) is 32.8 Å². The number of hydrogen-bond acceptors (Lipinski definition) is 4. The lowest BCUT2D eigenvalue weighted by molar-refractivity contribution is -0.150. The second-order valence-corrected chi connectivity index (χ2v) is 11.1. The number of nitrogens with one attached hydrogen (secondary N) is 1. The highest BCUT2D eigenvalue weighted by Gasteiger charge is 2.61. The van der Waals surface area contributed by atoms with Crippen molar-refractivity contribution in [3.8, 4) is 0 Å². The zero-order valence-corrected chi connectivity index (χ0v) is 20.2. The Balaban J connectivity index is 1.22. The van der Waals surface area contributed by atoms with Gasteiger partial charge in [0.25, 0.3) is 0 Å². The lowest BCUT2D eigenvalue weighted by Gasteiger charge is -2.60. The van der Waals surface area contributed by atoms with Gasteiger partial charge in [-0.05, 0) is 78.4 Å². The van der Waals surface area contributed by atoms with Gasteiger partial charge in [0.15, 0.2) is 0 Å². The first-order valence-electron chi connectivity index (χ1n) is 11.2. The lowest BCUT2D eigenvalue weighted by Crippen LogP contribution is -2.60. The second kappa shape index (κ2) is 7.63. The van der Waals surface area contributed by atoms with Crippen LogP contribution in [-0.2, 0) is 16.9 Å². The molecule has 10 heteroatoms. The smallest absolute Gasteiger partial charge is 0.230 e. The minimum atomic E-state index is -0.417. The van der Waals surface area contributed by atoms with E-state index >= 15 is 0 Å². The van der Waals surface area contributed by atoms with Crippen LogP contribution in [0.4, 0.5) is 10.1 Å². The molecule has 1 aromatic carbocycles. The monoisotopic (exact) mass is 532 g/mol. The van der Waals surface area contributed by atoms with Gasteiger partial charge < -0.3 is 5.32 Å². The number of amides is 1. The van der Waals surface area contributed by atoms with Gasteiger partial charge in [0.2, 0.25) is 10.6 Å². The maximum Gasteiger partial charge on any atom is 0.230 e. The summed E-state index contributed by atoms with van der Waals surface area (Å²) in [6.07, 6.45) is 11.0. The van der Waals surface area contributed by atoms with E-state index in [-0.39, 0.29) is 23.8 Å². The zero-order chi connectivity index (χ0) is 22.8. The Morgan fingerprint density at radius 2 is 2.06 bits per heavy atom. The summed E-state index contributed by atoms with van der Waals surface area (Å²) in [5.74, 6) is 0.711. The van der Waals surface area contributed by atoms with Crippen molar-refractivity contribution < 1.29 is 9.18 Å². The fraction of sp³-hybridized carbons (Fsp3) is 0.478. The van der Waals surface area contributed by atoms with Gasteiger partial charge in [-0.2, -0.15) is 5.10 Å². The summed E-state index contributed by atoms with van der Waals surface area (Å²) in [5, 5.41) is 12.3. The van der Waals surface area contributed by atoms with Crippen LogP contribution in [0, 0.1) is 23.1 Å². The molecule has 33 heavy (non-hydrogen) atoms. The summed E-state index contributed by atoms with van der Waals surface area (Å²) in [6, 6.07) is 4.61. The van der Waals surface area contributed by atoms with Gasteiger partial charge >= 0.3 is 0 Å². The number of carbonyl (C=O) groups excluding carboxylic acids is 1. The van der Waals surface area contributed by atoms with E-state index in [1.165, 1.54) is 12.5 Å². The highest BCUT2D eigenvalue weighted by molar-refractivity contribution is 9.10. The molecule has 2 aromatic heterocycles. The lowest BCUT2D eigenvalue weighted by atomic mass is 9.46. The summed E-state index contributed by atoms with van der Waals surface area (Å²) in [7, 11) is 0. The standard InChI is InChI=1S/C23H23BrClFN6O/c24-21-27-13-32(30-21)23-7-14-4-15(8-23)6-22(5-14,12-23)20(33)29-16-9-28-31(10-16)11-17-18(25)2-1-3-19(17)26/h1-3,9-10,13-15H,4-8,11-12H2,(H,29,33). The predicted octanol–water partition coefficient (Wildman–Crippen LogP) is 5.01. The average Bonchev–Trinajstić information content (AvgIpc) is 3.39. The molecule has 0 saturated heterocycles. The summed E-state index contributed by atoms with van der Waals surface area (Å²) in [5.41, 5.74) is 0.425. The molecule has 7 rings (SSSR count). The van der Waals surface area contributed by atoms with Crippen LogP contribution in [0.3, 0.4) is 0 Å². The van der Waals surface area contributed by atoms with E-state index in [0.717, 1.165) is 32.1 Å². The Bertz CT molecular complexity index is 1210. The van der Waals surface area contributed by atoms with Crippen LogP contribution in [0.15, 0.2) is 41.7 Å². The van der Waals surface area contributed by atoms with Gasteiger partial charge in [0.1, 0.15) is 12.1 Å². The Hall–Kier alpha value is -2.26. The number of benzene rings is 1. The minimum Gasteiger partial charge on any atom is -0.323 e. The molecule has 0 aliphatic heterocycles. The maximum atomic E-state index is 14.1. The Morgan fingerprint density at radius 1 is 1.27 bits per heavy atom. The number of halogens is 3. The molecule has 0 radical (unpaired) electrons. The molecule has 2 unspecified atom stereocenters. The van der Waals surface area contributed by atoms with Gasteiger partial charge in [-0.25, -0.2) is 14.1 Å². The normalized spacial score (nSPS) is 30.0. The van der Waals surface area contributed by atoms with E-state index in [1.54, 1.807) is 35.5 Å². The summed E-state index contributed by atoms with van der Waals surface area (Å²) < 4.78 is 18.3. The molecular weight excluding hydrogens is 511 g/mol. The third kappa shape index (κ3) is 3.60. The molecule has 1 N–H and O–H groups in total. The number of hydrogen-bond donors (Lipinski definition) is 1. The van der Waals surface area contributed by atoms with Crippen molar-refractivity contribution in [2.24, 2.45) is 17.3 Å². The van der Waals surface area contributed by atoms with Crippen LogP contribution in [-0.4, -0.2) is 30.5 Å². The van der Waals surface area contributed by atoms with Crippen LogP contribution in [0.25, 0.3) is 0 Å². The topological polar surface area (TPSA) is 77.6 Å². The molecular formula is C23H23BrClFN6O. The molecule has 2 atom stereocenters. The van der Waals surface area contributed by atoms with Crippen molar-refractivity contribution in [3.05, 3.63) is 58.1 Å². The number of anilines is 1. The molecule has 2 heterocycles. The van der Waals surface area contributed by atoms with E-state index in [1.807, 2.05) is 4.68 Å². The average molecular weight is 534 g/mol. The van der Waals surface area contributed by atoms with Crippen molar-refractivity contribution >= 4 is 39.1 Å². The van der Waals surface area contributed by atoms with Crippen molar-refractivity contribution in [1.82, 2.24) is 24.5 Å². The highest BCUT2D eigenvalue weighted by atomic mass is 79.9. The second-order valence-electron chi connectivity index (χ2n) is 10.0. The van der Waals surface area contributed by atoms with Gasteiger partial charge in [-0.15, -0.1) is 5.10 Å². The third-order valence-electron chi connectivity index (χ3n) is 7.73. The number of rotatable bonds is 5. The Kier molecular flexibility index (Phi) is 4.92. The summed E-state index contributed by atoms with van der Waals surface area (Å²) in [4.78, 5) is 17.9. The Morgan fingerprint density at radius 3 is 2.76 bits per heavy atom. The van der Waals surface area contributed by atoms with Crippen LogP contribution in [0.5, 0.6) is 0 Å². The SMILES string of the molecule is O=C(Nc1cnn(Cc2c(F)cccc2Cl)c1)C12CC3CC(C1)CC(n1cnc(Br)n1)(C3)C2. The van der Waals surface area contributed by atoms with E-state index < -0.39 is 5.41 Å². The molecule has 4 aliphatic rings. The largest absolute Gasteiger partial charge is 0.323 e.